The Labute approximate surface area is 159 Å². The van der Waals surface area contributed by atoms with E-state index < -0.39 is 15.8 Å². The van der Waals surface area contributed by atoms with Gasteiger partial charge in [-0.2, -0.15) is 0 Å². The van der Waals surface area contributed by atoms with Crippen LogP contribution < -0.4 is 16.0 Å². The van der Waals surface area contributed by atoms with Gasteiger partial charge in [-0.25, -0.2) is 17.9 Å². The van der Waals surface area contributed by atoms with E-state index in [4.69, 9.17) is 4.42 Å². The Morgan fingerprint density at radius 1 is 1.11 bits per heavy atom. The molecule has 0 aliphatic rings. The molecule has 0 unspecified atom stereocenters. The van der Waals surface area contributed by atoms with Gasteiger partial charge in [-0.05, 0) is 42.1 Å². The fourth-order valence-corrected chi connectivity index (χ4v) is 4.05. The van der Waals surface area contributed by atoms with Crippen molar-refractivity contribution in [2.75, 3.05) is 0 Å². The molecule has 9 heteroatoms. The normalized spacial score (nSPS) is 12.1. The van der Waals surface area contributed by atoms with Crippen LogP contribution in [0.15, 0.2) is 61.4 Å². The van der Waals surface area contributed by atoms with Gasteiger partial charge in [-0.15, -0.1) is 0 Å². The molecule has 0 bridgehead atoms. The lowest BCUT2D eigenvalue weighted by Crippen LogP contribution is -2.27. The number of aryl methyl sites for hydroxylation is 2. The Balaban J connectivity index is 1.64. The fourth-order valence-electron chi connectivity index (χ4n) is 3.03. The van der Waals surface area contributed by atoms with Gasteiger partial charge < -0.3 is 9.40 Å². The number of rotatable bonds is 4. The van der Waals surface area contributed by atoms with Gasteiger partial charge in [0.15, 0.2) is 5.58 Å². The van der Waals surface area contributed by atoms with Crippen molar-refractivity contribution in [3.05, 3.63) is 74.5 Å². The summed E-state index contributed by atoms with van der Waals surface area (Å²) < 4.78 is 34.0. The lowest BCUT2D eigenvalue weighted by atomic mass is 10.1. The van der Waals surface area contributed by atoms with Crippen LogP contribution in [-0.2, 0) is 23.6 Å². The summed E-state index contributed by atoms with van der Waals surface area (Å²) in [5, 5.41) is 0.812. The smallest absolute Gasteiger partial charge is 0.408 e. The summed E-state index contributed by atoms with van der Waals surface area (Å²) >= 11 is 0. The average Bonchev–Trinajstić information content (AvgIpc) is 2.93. The summed E-state index contributed by atoms with van der Waals surface area (Å²) in [4.78, 5) is 26.6. The molecule has 0 aliphatic carbocycles. The Morgan fingerprint density at radius 2 is 1.89 bits per heavy atom. The van der Waals surface area contributed by atoms with Gasteiger partial charge in [0.05, 0.1) is 10.4 Å². The average molecular weight is 399 g/mol. The number of pyridine rings is 1. The number of aromatic amines is 1. The maximum Gasteiger partial charge on any atom is 0.419 e. The second-order valence-electron chi connectivity index (χ2n) is 6.60. The van der Waals surface area contributed by atoms with E-state index in [1.54, 1.807) is 6.07 Å². The van der Waals surface area contributed by atoms with Crippen molar-refractivity contribution < 1.29 is 12.8 Å². The predicted molar refractivity (Wildman–Crippen MR) is 105 cm³/mol. The van der Waals surface area contributed by atoms with Gasteiger partial charge >= 0.3 is 5.76 Å². The van der Waals surface area contributed by atoms with Crippen molar-refractivity contribution >= 4 is 32.0 Å². The van der Waals surface area contributed by atoms with Crippen LogP contribution >= 0.6 is 0 Å². The van der Waals surface area contributed by atoms with Crippen LogP contribution in [0.5, 0.6) is 0 Å². The maximum absolute atomic E-state index is 12.6. The van der Waals surface area contributed by atoms with E-state index in [2.05, 4.69) is 9.71 Å². The summed E-state index contributed by atoms with van der Waals surface area (Å²) in [6, 6.07) is 11.5. The first-order valence-electron chi connectivity index (χ1n) is 8.46. The summed E-state index contributed by atoms with van der Waals surface area (Å²) in [5.74, 6) is -0.574. The first-order valence-corrected chi connectivity index (χ1v) is 9.95. The molecular formula is C19H17N3O5S. The molecule has 0 radical (unpaired) electrons. The number of aromatic nitrogens is 2. The topological polar surface area (TPSA) is 114 Å². The number of hydrogen-bond donors (Lipinski definition) is 2. The molecule has 2 aromatic carbocycles. The van der Waals surface area contributed by atoms with Crippen molar-refractivity contribution in [1.29, 1.82) is 0 Å². The molecule has 144 valence electrons. The number of fused-ring (bicyclic) bond motifs is 2. The molecular weight excluding hydrogens is 382 g/mol. The minimum atomic E-state index is -3.90. The second-order valence-corrected chi connectivity index (χ2v) is 8.36. The van der Waals surface area contributed by atoms with E-state index in [0.29, 0.717) is 16.6 Å². The fraction of sp³-hybridized carbons (Fsp3) is 0.158. The number of hydrogen-bond acceptors (Lipinski definition) is 5. The Morgan fingerprint density at radius 3 is 2.68 bits per heavy atom. The molecule has 0 fully saturated rings. The molecule has 2 N–H and O–H groups in total. The molecule has 28 heavy (non-hydrogen) atoms. The molecule has 0 atom stereocenters. The van der Waals surface area contributed by atoms with E-state index in [0.717, 1.165) is 10.9 Å². The third-order valence-electron chi connectivity index (χ3n) is 4.61. The number of nitrogens with zero attached hydrogens (tertiary/aromatic N) is 1. The summed E-state index contributed by atoms with van der Waals surface area (Å²) in [6.07, 6.45) is 0. The van der Waals surface area contributed by atoms with Crippen LogP contribution in [0.3, 0.4) is 0 Å². The molecule has 0 amide bonds. The molecule has 2 aromatic heterocycles. The monoisotopic (exact) mass is 399 g/mol. The molecule has 2 heterocycles. The van der Waals surface area contributed by atoms with Crippen molar-refractivity contribution in [2.24, 2.45) is 7.05 Å². The maximum atomic E-state index is 12.6. The van der Waals surface area contributed by atoms with Crippen molar-refractivity contribution in [3.8, 4) is 0 Å². The van der Waals surface area contributed by atoms with Gasteiger partial charge in [-0.1, -0.05) is 12.1 Å². The van der Waals surface area contributed by atoms with Crippen molar-refractivity contribution in [2.45, 2.75) is 18.4 Å². The quantitative estimate of drug-likeness (QED) is 0.543. The molecule has 4 aromatic rings. The molecule has 0 saturated carbocycles. The highest BCUT2D eigenvalue weighted by Crippen LogP contribution is 2.18. The van der Waals surface area contributed by atoms with Crippen LogP contribution in [0, 0.1) is 6.92 Å². The Hall–Kier alpha value is -3.17. The largest absolute Gasteiger partial charge is 0.419 e. The SMILES string of the molecule is Cc1ccc2cc(CNS(=O)(=O)c3ccc4c(c3)oc(=O)n4C)c(=O)[nH]c2c1. The number of H-pyrrole nitrogens is 1. The minimum absolute atomic E-state index is 0.0535. The van der Waals surface area contributed by atoms with Gasteiger partial charge in [0, 0.05) is 30.7 Å². The van der Waals surface area contributed by atoms with Gasteiger partial charge in [-0.3, -0.25) is 9.36 Å². The van der Waals surface area contributed by atoms with Crippen LogP contribution in [0.2, 0.25) is 0 Å². The van der Waals surface area contributed by atoms with Crippen LogP contribution in [0.25, 0.3) is 22.0 Å². The van der Waals surface area contributed by atoms with Gasteiger partial charge in [0.25, 0.3) is 5.56 Å². The lowest BCUT2D eigenvalue weighted by molar-refractivity contribution is 0.527. The van der Waals surface area contributed by atoms with Crippen LogP contribution in [-0.4, -0.2) is 18.0 Å². The summed E-state index contributed by atoms with van der Waals surface area (Å²) in [5.41, 5.74) is 2.32. The number of oxazole rings is 1. The number of benzene rings is 2. The zero-order valence-corrected chi connectivity index (χ0v) is 16.0. The third kappa shape index (κ3) is 3.14. The highest BCUT2D eigenvalue weighted by Gasteiger charge is 2.17. The minimum Gasteiger partial charge on any atom is -0.408 e. The standard InChI is InChI=1S/C19H17N3O5S/c1-11-3-4-12-8-13(18(23)21-15(12)7-11)10-20-28(25,26)14-5-6-16-17(9-14)27-19(24)22(16)2/h3-9,20H,10H2,1-2H3,(H,21,23). The van der Waals surface area contributed by atoms with E-state index in [1.807, 2.05) is 25.1 Å². The Bertz CT molecular complexity index is 1440. The van der Waals surface area contributed by atoms with E-state index >= 15 is 0 Å². The Kier molecular flexibility index (Phi) is 4.20. The molecule has 4 rings (SSSR count). The van der Waals surface area contributed by atoms with Crippen LogP contribution in [0.4, 0.5) is 0 Å². The first-order chi connectivity index (χ1) is 13.2. The highest BCUT2D eigenvalue weighted by molar-refractivity contribution is 7.89. The predicted octanol–water partition coefficient (Wildman–Crippen LogP) is 1.76. The molecule has 8 nitrogen and oxygen atoms in total. The molecule has 0 spiro atoms. The lowest BCUT2D eigenvalue weighted by Gasteiger charge is -2.08. The van der Waals surface area contributed by atoms with E-state index in [-0.39, 0.29) is 22.6 Å². The summed E-state index contributed by atoms with van der Waals surface area (Å²) in [7, 11) is -2.37. The van der Waals surface area contributed by atoms with Gasteiger partial charge in [0.1, 0.15) is 0 Å². The van der Waals surface area contributed by atoms with Crippen molar-refractivity contribution in [3.63, 3.8) is 0 Å². The number of sulfonamides is 1. The zero-order chi connectivity index (χ0) is 20.1. The van der Waals surface area contributed by atoms with E-state index in [9.17, 15) is 18.0 Å². The first kappa shape index (κ1) is 18.2. The van der Waals surface area contributed by atoms with Gasteiger partial charge in [0.2, 0.25) is 10.0 Å². The highest BCUT2D eigenvalue weighted by atomic mass is 32.2. The van der Waals surface area contributed by atoms with Crippen LogP contribution in [0.1, 0.15) is 11.1 Å². The summed E-state index contributed by atoms with van der Waals surface area (Å²) in [6.45, 7) is 1.75. The number of nitrogens with one attached hydrogen (secondary N) is 2. The molecule has 0 saturated heterocycles. The third-order valence-corrected chi connectivity index (χ3v) is 6.00. The zero-order valence-electron chi connectivity index (χ0n) is 15.1. The second kappa shape index (κ2) is 6.47. The molecule has 0 aliphatic heterocycles. The van der Waals surface area contributed by atoms with E-state index in [1.165, 1.54) is 29.8 Å². The van der Waals surface area contributed by atoms with Crippen molar-refractivity contribution in [1.82, 2.24) is 14.3 Å².